The summed E-state index contributed by atoms with van der Waals surface area (Å²) in [5.74, 6) is 0.703. The molecule has 0 aliphatic carbocycles. The standard InChI is InChI=1S/C20H32N2O4S/c1-5-17(6-2)21(4)20(23)16-12-14-22(15-13-16)27(24,25)19-10-8-18(9-11-19)26-7-3/h8-11,16-17H,5-7,12-15H2,1-4H3. The van der Waals surface area contributed by atoms with E-state index < -0.39 is 10.0 Å². The number of sulfonamides is 1. The van der Waals surface area contributed by atoms with Crippen molar-refractivity contribution >= 4 is 15.9 Å². The van der Waals surface area contributed by atoms with Crippen LogP contribution in [0.5, 0.6) is 5.75 Å². The summed E-state index contributed by atoms with van der Waals surface area (Å²) in [5, 5.41) is 0. The maximum atomic E-state index is 12.9. The molecule has 1 aromatic rings. The molecule has 1 aliphatic rings. The quantitative estimate of drug-likeness (QED) is 0.677. The minimum Gasteiger partial charge on any atom is -0.494 e. The highest BCUT2D eigenvalue weighted by atomic mass is 32.2. The molecule has 0 radical (unpaired) electrons. The normalized spacial score (nSPS) is 16.5. The summed E-state index contributed by atoms with van der Waals surface area (Å²) in [6, 6.07) is 6.77. The molecule has 2 rings (SSSR count). The SMILES string of the molecule is CCOc1ccc(S(=O)(=O)N2CCC(C(=O)N(C)C(CC)CC)CC2)cc1. The van der Waals surface area contributed by atoms with Gasteiger partial charge in [-0.2, -0.15) is 4.31 Å². The van der Waals surface area contributed by atoms with Crippen molar-refractivity contribution in [3.63, 3.8) is 0 Å². The first-order valence-corrected chi connectivity index (χ1v) is 11.3. The molecule has 0 bridgehead atoms. The molecule has 6 nitrogen and oxygen atoms in total. The van der Waals surface area contributed by atoms with Gasteiger partial charge in [0.15, 0.2) is 0 Å². The summed E-state index contributed by atoms with van der Waals surface area (Å²) in [7, 11) is -1.67. The van der Waals surface area contributed by atoms with Crippen LogP contribution < -0.4 is 4.74 Å². The molecule has 1 fully saturated rings. The molecule has 27 heavy (non-hydrogen) atoms. The third-order valence-corrected chi connectivity index (χ3v) is 7.33. The Morgan fingerprint density at radius 1 is 1.15 bits per heavy atom. The van der Waals surface area contributed by atoms with Crippen LogP contribution in [0.1, 0.15) is 46.5 Å². The molecule has 152 valence electrons. The molecule has 1 amide bonds. The van der Waals surface area contributed by atoms with Crippen LogP contribution in [0.25, 0.3) is 0 Å². The summed E-state index contributed by atoms with van der Waals surface area (Å²) in [4.78, 5) is 14.8. The zero-order valence-electron chi connectivity index (χ0n) is 16.8. The van der Waals surface area contributed by atoms with Gasteiger partial charge in [-0.15, -0.1) is 0 Å². The molecule has 0 saturated carbocycles. The van der Waals surface area contributed by atoms with E-state index >= 15 is 0 Å². The van der Waals surface area contributed by atoms with Crippen molar-refractivity contribution < 1.29 is 17.9 Å². The van der Waals surface area contributed by atoms with Crippen LogP contribution in [0, 0.1) is 5.92 Å². The first kappa shape index (κ1) is 21.7. The van der Waals surface area contributed by atoms with Crippen molar-refractivity contribution in [1.82, 2.24) is 9.21 Å². The topological polar surface area (TPSA) is 66.9 Å². The van der Waals surface area contributed by atoms with E-state index in [9.17, 15) is 13.2 Å². The Kier molecular flexibility index (Phi) is 7.68. The van der Waals surface area contributed by atoms with Gasteiger partial charge in [-0.05, 0) is 56.9 Å². The maximum Gasteiger partial charge on any atom is 0.243 e. The highest BCUT2D eigenvalue weighted by Gasteiger charge is 2.34. The fourth-order valence-corrected chi connectivity index (χ4v) is 5.14. The van der Waals surface area contributed by atoms with Gasteiger partial charge in [0, 0.05) is 32.1 Å². The Labute approximate surface area is 163 Å². The molecule has 1 aromatic carbocycles. The average Bonchev–Trinajstić information content (AvgIpc) is 2.69. The van der Waals surface area contributed by atoms with Gasteiger partial charge in [-0.3, -0.25) is 4.79 Å². The van der Waals surface area contributed by atoms with Crippen LogP contribution >= 0.6 is 0 Å². The molecule has 0 N–H and O–H groups in total. The molecule has 1 heterocycles. The number of hydrogen-bond acceptors (Lipinski definition) is 4. The minimum atomic E-state index is -3.54. The van der Waals surface area contributed by atoms with Gasteiger partial charge in [0.25, 0.3) is 0 Å². The first-order chi connectivity index (χ1) is 12.8. The van der Waals surface area contributed by atoms with Crippen LogP contribution in [-0.2, 0) is 14.8 Å². The molecule has 1 aliphatic heterocycles. The lowest BCUT2D eigenvalue weighted by Crippen LogP contribution is -2.45. The minimum absolute atomic E-state index is 0.0950. The zero-order valence-corrected chi connectivity index (χ0v) is 17.7. The monoisotopic (exact) mass is 396 g/mol. The number of hydrogen-bond donors (Lipinski definition) is 0. The zero-order chi connectivity index (χ0) is 20.0. The smallest absolute Gasteiger partial charge is 0.243 e. The van der Waals surface area contributed by atoms with Gasteiger partial charge >= 0.3 is 0 Å². The van der Waals surface area contributed by atoms with E-state index in [0.717, 1.165) is 12.8 Å². The van der Waals surface area contributed by atoms with Crippen LogP contribution in [0.3, 0.4) is 0 Å². The molecular weight excluding hydrogens is 364 g/mol. The molecular formula is C20H32N2O4S. The van der Waals surface area contributed by atoms with Crippen molar-refractivity contribution in [2.45, 2.75) is 57.4 Å². The number of nitrogens with zero attached hydrogens (tertiary/aromatic N) is 2. The largest absolute Gasteiger partial charge is 0.494 e. The van der Waals surface area contributed by atoms with Crippen LogP contribution in [0.4, 0.5) is 0 Å². The van der Waals surface area contributed by atoms with Crippen LogP contribution in [0.2, 0.25) is 0 Å². The Balaban J connectivity index is 2.00. The summed E-state index contributed by atoms with van der Waals surface area (Å²) in [6.45, 7) is 7.36. The van der Waals surface area contributed by atoms with Crippen LogP contribution in [-0.4, -0.2) is 56.3 Å². The Hall–Kier alpha value is -1.60. The fraction of sp³-hybridized carbons (Fsp3) is 0.650. The number of amides is 1. The van der Waals surface area contributed by atoms with Gasteiger partial charge in [0.05, 0.1) is 11.5 Å². The first-order valence-electron chi connectivity index (χ1n) is 9.84. The summed E-state index contributed by atoms with van der Waals surface area (Å²) >= 11 is 0. The fourth-order valence-electron chi connectivity index (χ4n) is 3.67. The van der Waals surface area contributed by atoms with Gasteiger partial charge in [0.1, 0.15) is 5.75 Å². The predicted molar refractivity (Wildman–Crippen MR) is 106 cm³/mol. The van der Waals surface area contributed by atoms with Crippen LogP contribution in [0.15, 0.2) is 29.2 Å². The van der Waals surface area contributed by atoms with E-state index in [2.05, 4.69) is 13.8 Å². The highest BCUT2D eigenvalue weighted by molar-refractivity contribution is 7.89. The maximum absolute atomic E-state index is 12.9. The predicted octanol–water partition coefficient (Wildman–Crippen LogP) is 3.13. The Morgan fingerprint density at radius 2 is 1.70 bits per heavy atom. The van der Waals surface area contributed by atoms with Crippen molar-refractivity contribution in [2.24, 2.45) is 5.92 Å². The number of piperidine rings is 1. The number of carbonyl (C=O) groups is 1. The van der Waals surface area contributed by atoms with Crippen molar-refractivity contribution in [3.05, 3.63) is 24.3 Å². The molecule has 0 atom stereocenters. The Morgan fingerprint density at radius 3 is 2.19 bits per heavy atom. The number of rotatable bonds is 8. The average molecular weight is 397 g/mol. The summed E-state index contributed by atoms with van der Waals surface area (Å²) in [6.07, 6.45) is 3.01. The third kappa shape index (κ3) is 5.02. The third-order valence-electron chi connectivity index (χ3n) is 5.41. The van der Waals surface area contributed by atoms with E-state index in [-0.39, 0.29) is 22.8 Å². The van der Waals surface area contributed by atoms with Crippen molar-refractivity contribution in [2.75, 3.05) is 26.7 Å². The van der Waals surface area contributed by atoms with E-state index in [0.29, 0.717) is 38.3 Å². The van der Waals surface area contributed by atoms with E-state index in [1.165, 1.54) is 4.31 Å². The van der Waals surface area contributed by atoms with Gasteiger partial charge in [-0.1, -0.05) is 13.8 Å². The van der Waals surface area contributed by atoms with Gasteiger partial charge < -0.3 is 9.64 Å². The summed E-state index contributed by atoms with van der Waals surface area (Å²) in [5.41, 5.74) is 0. The summed E-state index contributed by atoms with van der Waals surface area (Å²) < 4.78 is 32.6. The lowest BCUT2D eigenvalue weighted by atomic mass is 9.95. The lowest BCUT2D eigenvalue weighted by molar-refractivity contribution is -0.137. The van der Waals surface area contributed by atoms with Crippen molar-refractivity contribution in [3.8, 4) is 5.75 Å². The van der Waals surface area contributed by atoms with E-state index in [1.54, 1.807) is 24.3 Å². The van der Waals surface area contributed by atoms with E-state index in [4.69, 9.17) is 4.74 Å². The second-order valence-electron chi connectivity index (χ2n) is 7.00. The number of ether oxygens (including phenoxy) is 1. The highest BCUT2D eigenvalue weighted by Crippen LogP contribution is 2.26. The Bertz CT molecular complexity index is 706. The molecule has 1 saturated heterocycles. The molecule has 0 aromatic heterocycles. The van der Waals surface area contributed by atoms with Gasteiger partial charge in [0.2, 0.25) is 15.9 Å². The van der Waals surface area contributed by atoms with E-state index in [1.807, 2.05) is 18.9 Å². The van der Waals surface area contributed by atoms with Crippen molar-refractivity contribution in [1.29, 1.82) is 0 Å². The lowest BCUT2D eigenvalue weighted by Gasteiger charge is -2.35. The number of carbonyl (C=O) groups excluding carboxylic acids is 1. The number of benzene rings is 1. The second kappa shape index (κ2) is 9.55. The molecule has 0 unspecified atom stereocenters. The van der Waals surface area contributed by atoms with Gasteiger partial charge in [-0.25, -0.2) is 8.42 Å². The molecule has 0 spiro atoms. The second-order valence-corrected chi connectivity index (χ2v) is 8.94. The molecule has 7 heteroatoms.